The maximum Gasteiger partial charge on any atom is 0.505 e. The first-order valence-corrected chi connectivity index (χ1v) is 5.81. The van der Waals surface area contributed by atoms with Gasteiger partial charge in [-0.05, 0) is 6.42 Å². The number of Topliss-reactive ketones (excluding diaryl/α,β-unsaturated/α-hetero) is 1. The second kappa shape index (κ2) is 9.78. The van der Waals surface area contributed by atoms with Crippen molar-refractivity contribution < 1.29 is 28.6 Å². The van der Waals surface area contributed by atoms with Crippen molar-refractivity contribution in [1.29, 1.82) is 0 Å². The van der Waals surface area contributed by atoms with Crippen LogP contribution in [0.4, 0.5) is 4.79 Å². The third-order valence-electron chi connectivity index (χ3n) is 2.10. The lowest BCUT2D eigenvalue weighted by Crippen LogP contribution is -2.37. The number of hydrogen-bond donors (Lipinski definition) is 1. The van der Waals surface area contributed by atoms with E-state index in [4.69, 9.17) is 10.3 Å². The Hall–Kier alpha value is -2.21. The standard InChI is InChI=1S/C11H17N3O5/c1-3-4-7-19-11(17)13-10(14-12)8(15)5-6-9(16)18-2/h3-7H2,1-2H3,(H,13,17). The first-order valence-electron chi connectivity index (χ1n) is 5.81. The van der Waals surface area contributed by atoms with Crippen molar-refractivity contribution >= 4 is 23.7 Å². The molecule has 19 heavy (non-hydrogen) atoms. The zero-order chi connectivity index (χ0) is 14.7. The average Bonchev–Trinajstić information content (AvgIpc) is 2.41. The first kappa shape index (κ1) is 16.8. The molecule has 0 spiro atoms. The minimum atomic E-state index is -0.882. The summed E-state index contributed by atoms with van der Waals surface area (Å²) in [6.07, 6.45) is 0.261. The number of hydrogen-bond acceptors (Lipinski definition) is 5. The maximum atomic E-state index is 11.5. The van der Waals surface area contributed by atoms with Gasteiger partial charge in [0.05, 0.1) is 20.1 Å². The number of carbonyl (C=O) groups excluding carboxylic acids is 3. The summed E-state index contributed by atoms with van der Waals surface area (Å²) in [7, 11) is 1.19. The molecule has 1 amide bonds. The number of nitrogens with one attached hydrogen (secondary N) is 1. The Morgan fingerprint density at radius 3 is 2.47 bits per heavy atom. The first-order chi connectivity index (χ1) is 9.04. The van der Waals surface area contributed by atoms with Gasteiger partial charge in [-0.25, -0.2) is 0 Å². The number of carbonyl (C=O) groups is 3. The van der Waals surface area contributed by atoms with Gasteiger partial charge in [0.15, 0.2) is 0 Å². The molecular weight excluding hydrogens is 254 g/mol. The number of nitrogens with zero attached hydrogens (tertiary/aromatic N) is 2. The SMILES string of the molecule is CCCCOC(=O)NC(=[N+]=[N-])C(=O)CCC(=O)OC. The number of ether oxygens (including phenoxy) is 2. The van der Waals surface area contributed by atoms with Crippen LogP contribution in [0.5, 0.6) is 0 Å². The Morgan fingerprint density at radius 2 is 1.95 bits per heavy atom. The van der Waals surface area contributed by atoms with Gasteiger partial charge >= 0.3 is 17.9 Å². The fourth-order valence-electron chi connectivity index (χ4n) is 1.03. The van der Waals surface area contributed by atoms with E-state index in [1.165, 1.54) is 7.11 Å². The number of ketones is 1. The molecule has 0 bridgehead atoms. The normalized spacial score (nSPS) is 9.16. The van der Waals surface area contributed by atoms with E-state index in [0.717, 1.165) is 6.42 Å². The number of rotatable bonds is 7. The lowest BCUT2D eigenvalue weighted by molar-refractivity contribution is -0.141. The van der Waals surface area contributed by atoms with Crippen molar-refractivity contribution in [2.45, 2.75) is 32.6 Å². The molecule has 0 rings (SSSR count). The molecule has 0 saturated heterocycles. The smallest absolute Gasteiger partial charge is 0.497 e. The molecule has 0 aliphatic heterocycles. The van der Waals surface area contributed by atoms with E-state index in [1.54, 1.807) is 0 Å². The Bertz CT molecular complexity index is 388. The van der Waals surface area contributed by atoms with Crippen molar-refractivity contribution in [2.24, 2.45) is 0 Å². The van der Waals surface area contributed by atoms with Gasteiger partial charge in [-0.3, -0.25) is 9.59 Å². The molecule has 0 aliphatic rings. The highest BCUT2D eigenvalue weighted by atomic mass is 16.5. The van der Waals surface area contributed by atoms with E-state index in [2.05, 4.69) is 9.53 Å². The van der Waals surface area contributed by atoms with Gasteiger partial charge in [0.25, 0.3) is 5.78 Å². The zero-order valence-electron chi connectivity index (χ0n) is 11.0. The predicted molar refractivity (Wildman–Crippen MR) is 64.3 cm³/mol. The number of amidine groups is 1. The number of amides is 1. The van der Waals surface area contributed by atoms with Crippen LogP contribution in [0, 0.1) is 0 Å². The Balaban J connectivity index is 4.20. The minimum Gasteiger partial charge on any atom is -0.497 e. The molecule has 0 aliphatic carbocycles. The topological polar surface area (TPSA) is 118 Å². The summed E-state index contributed by atoms with van der Waals surface area (Å²) < 4.78 is 9.08. The van der Waals surface area contributed by atoms with Crippen LogP contribution in [-0.2, 0) is 19.1 Å². The summed E-state index contributed by atoms with van der Waals surface area (Å²) in [5.41, 5.74) is 8.62. The van der Waals surface area contributed by atoms with Gasteiger partial charge in [-0.15, -0.1) is 0 Å². The van der Waals surface area contributed by atoms with Crippen molar-refractivity contribution in [3.8, 4) is 0 Å². The highest BCUT2D eigenvalue weighted by Crippen LogP contribution is 1.94. The average molecular weight is 271 g/mol. The zero-order valence-corrected chi connectivity index (χ0v) is 11.0. The Morgan fingerprint density at radius 1 is 1.26 bits per heavy atom. The van der Waals surface area contributed by atoms with Crippen LogP contribution in [0.3, 0.4) is 0 Å². The molecule has 0 aromatic heterocycles. The molecule has 0 fully saturated rings. The highest BCUT2D eigenvalue weighted by molar-refractivity contribution is 6.38. The van der Waals surface area contributed by atoms with Crippen molar-refractivity contribution in [3.05, 3.63) is 5.53 Å². The lowest BCUT2D eigenvalue weighted by Gasteiger charge is -2.01. The second-order valence-electron chi connectivity index (χ2n) is 3.56. The Labute approximate surface area is 110 Å². The third-order valence-corrected chi connectivity index (χ3v) is 2.10. The van der Waals surface area contributed by atoms with Gasteiger partial charge in [-0.1, -0.05) is 13.3 Å². The van der Waals surface area contributed by atoms with Gasteiger partial charge in [0.1, 0.15) is 0 Å². The highest BCUT2D eigenvalue weighted by Gasteiger charge is 2.24. The molecule has 0 radical (unpaired) electrons. The summed E-state index contributed by atoms with van der Waals surface area (Å²) in [5.74, 6) is -1.83. The molecule has 0 heterocycles. The van der Waals surface area contributed by atoms with Crippen LogP contribution < -0.4 is 5.32 Å². The predicted octanol–water partition coefficient (Wildman–Crippen LogP) is 0.663. The van der Waals surface area contributed by atoms with Crippen LogP contribution >= 0.6 is 0 Å². The molecule has 0 unspecified atom stereocenters. The third kappa shape index (κ3) is 7.67. The molecule has 0 aromatic rings. The molecule has 8 nitrogen and oxygen atoms in total. The summed E-state index contributed by atoms with van der Waals surface area (Å²) in [6.45, 7) is 2.13. The molecule has 0 saturated carbocycles. The molecule has 1 N–H and O–H groups in total. The molecule has 0 atom stereocenters. The molecule has 106 valence electrons. The molecule has 8 heteroatoms. The van der Waals surface area contributed by atoms with Crippen LogP contribution in [0.1, 0.15) is 32.6 Å². The second-order valence-corrected chi connectivity index (χ2v) is 3.56. The Kier molecular flexibility index (Phi) is 8.64. The molecule has 0 aromatic carbocycles. The van der Waals surface area contributed by atoms with Gasteiger partial charge in [0.2, 0.25) is 0 Å². The van der Waals surface area contributed by atoms with Crippen LogP contribution in [0.25, 0.3) is 5.53 Å². The van der Waals surface area contributed by atoms with Crippen LogP contribution in [0.2, 0.25) is 0 Å². The summed E-state index contributed by atoms with van der Waals surface area (Å²) in [5, 5.41) is 2.00. The van der Waals surface area contributed by atoms with Gasteiger partial charge in [0, 0.05) is 6.42 Å². The van der Waals surface area contributed by atoms with Gasteiger partial charge < -0.3 is 19.8 Å². The van der Waals surface area contributed by atoms with Crippen molar-refractivity contribution in [3.63, 3.8) is 0 Å². The fourth-order valence-corrected chi connectivity index (χ4v) is 1.03. The van der Waals surface area contributed by atoms with E-state index >= 15 is 0 Å². The van der Waals surface area contributed by atoms with Gasteiger partial charge in [-0.2, -0.15) is 10.1 Å². The van der Waals surface area contributed by atoms with E-state index in [-0.39, 0.29) is 19.4 Å². The van der Waals surface area contributed by atoms with Crippen molar-refractivity contribution in [1.82, 2.24) is 5.32 Å². The van der Waals surface area contributed by atoms with E-state index in [1.807, 2.05) is 12.2 Å². The quantitative estimate of drug-likeness (QED) is 0.182. The minimum absolute atomic E-state index is 0.166. The monoisotopic (exact) mass is 271 g/mol. The largest absolute Gasteiger partial charge is 0.505 e. The summed E-state index contributed by atoms with van der Waals surface area (Å²) in [4.78, 5) is 36.2. The number of alkyl carbamates (subject to hydrolysis) is 1. The van der Waals surface area contributed by atoms with Crippen molar-refractivity contribution in [2.75, 3.05) is 13.7 Å². The van der Waals surface area contributed by atoms with Crippen LogP contribution in [-0.4, -0.2) is 42.2 Å². The maximum absolute atomic E-state index is 11.5. The summed E-state index contributed by atoms with van der Waals surface area (Å²) in [6, 6.07) is 0. The van der Waals surface area contributed by atoms with E-state index in [0.29, 0.717) is 6.42 Å². The summed E-state index contributed by atoms with van der Waals surface area (Å²) >= 11 is 0. The number of methoxy groups -OCH3 is 1. The van der Waals surface area contributed by atoms with Crippen LogP contribution in [0.15, 0.2) is 0 Å². The lowest BCUT2D eigenvalue weighted by atomic mass is 10.2. The number of esters is 1. The van der Waals surface area contributed by atoms with E-state index in [9.17, 15) is 14.4 Å². The fraction of sp³-hybridized carbons (Fsp3) is 0.636. The number of unbranched alkanes of at least 4 members (excludes halogenated alkanes) is 1. The molecular formula is C11H17N3O5. The van der Waals surface area contributed by atoms with E-state index < -0.39 is 23.7 Å².